The van der Waals surface area contributed by atoms with E-state index in [9.17, 15) is 19.5 Å². The zero-order chi connectivity index (χ0) is 24.4. The summed E-state index contributed by atoms with van der Waals surface area (Å²) in [6.07, 6.45) is 6.29. The Morgan fingerprint density at radius 1 is 1.00 bits per heavy atom. The van der Waals surface area contributed by atoms with Gasteiger partial charge in [-0.2, -0.15) is 0 Å². The van der Waals surface area contributed by atoms with Gasteiger partial charge in [0, 0.05) is 18.5 Å². The lowest BCUT2D eigenvalue weighted by atomic mass is 9.67. The molecule has 3 N–H and O–H groups in total. The van der Waals surface area contributed by atoms with Crippen LogP contribution in [0.25, 0.3) is 11.1 Å². The van der Waals surface area contributed by atoms with Crippen molar-refractivity contribution in [1.82, 2.24) is 10.6 Å². The van der Waals surface area contributed by atoms with E-state index >= 15 is 0 Å². The monoisotopic (exact) mass is 474 g/mol. The molecule has 2 amide bonds. The summed E-state index contributed by atoms with van der Waals surface area (Å²) < 4.78 is 5.62. The molecule has 2 aromatic carbocycles. The van der Waals surface area contributed by atoms with Crippen molar-refractivity contribution in [3.63, 3.8) is 0 Å². The van der Waals surface area contributed by atoms with Gasteiger partial charge in [0.25, 0.3) is 0 Å². The molecule has 7 nitrogen and oxygen atoms in total. The van der Waals surface area contributed by atoms with Gasteiger partial charge in [0.1, 0.15) is 6.61 Å². The summed E-state index contributed by atoms with van der Waals surface area (Å²) in [5, 5.41) is 15.1. The minimum absolute atomic E-state index is 0.0191. The predicted molar refractivity (Wildman–Crippen MR) is 131 cm³/mol. The van der Waals surface area contributed by atoms with Crippen LogP contribution in [0.15, 0.2) is 60.7 Å². The number of hydrogen-bond donors (Lipinski definition) is 3. The molecule has 35 heavy (non-hydrogen) atoms. The number of carboxylic acids is 1. The van der Waals surface area contributed by atoms with Crippen molar-refractivity contribution in [2.75, 3.05) is 13.2 Å². The first kappa shape index (κ1) is 23.1. The molecule has 2 aromatic rings. The first-order valence-electron chi connectivity index (χ1n) is 12.3. The van der Waals surface area contributed by atoms with Crippen LogP contribution in [0.4, 0.5) is 4.79 Å². The molecule has 2 atom stereocenters. The lowest BCUT2D eigenvalue weighted by Crippen LogP contribution is -2.54. The second-order valence-electron chi connectivity index (χ2n) is 9.83. The third-order valence-electron chi connectivity index (χ3n) is 7.70. The van der Waals surface area contributed by atoms with Gasteiger partial charge in [-0.15, -0.1) is 0 Å². The Balaban J connectivity index is 1.16. The molecular formula is C28H30N2O5. The van der Waals surface area contributed by atoms with Crippen LogP contribution in [0.3, 0.4) is 0 Å². The summed E-state index contributed by atoms with van der Waals surface area (Å²) in [7, 11) is 0. The summed E-state index contributed by atoms with van der Waals surface area (Å²) in [5.41, 5.74) is 3.97. The number of rotatable bonds is 7. The van der Waals surface area contributed by atoms with E-state index in [-0.39, 0.29) is 31.0 Å². The number of allylic oxidation sites excluding steroid dienone is 1. The van der Waals surface area contributed by atoms with Gasteiger partial charge < -0.3 is 20.5 Å². The van der Waals surface area contributed by atoms with Crippen LogP contribution < -0.4 is 10.6 Å². The van der Waals surface area contributed by atoms with Crippen molar-refractivity contribution in [1.29, 1.82) is 0 Å². The normalized spacial score (nSPS) is 21.8. The van der Waals surface area contributed by atoms with E-state index in [1.165, 1.54) is 11.1 Å². The van der Waals surface area contributed by atoms with Crippen molar-refractivity contribution in [3.05, 3.63) is 71.8 Å². The number of nitrogens with one attached hydrogen (secondary N) is 2. The number of hydrogen-bond acceptors (Lipinski definition) is 4. The number of ether oxygens (including phenoxy) is 1. The summed E-state index contributed by atoms with van der Waals surface area (Å²) in [4.78, 5) is 37.0. The van der Waals surface area contributed by atoms with Crippen LogP contribution in [-0.4, -0.2) is 42.3 Å². The maximum Gasteiger partial charge on any atom is 0.407 e. The Labute approximate surface area is 204 Å². The fourth-order valence-corrected chi connectivity index (χ4v) is 5.50. The molecule has 0 aromatic heterocycles. The minimum Gasteiger partial charge on any atom is -0.481 e. The highest BCUT2D eigenvalue weighted by molar-refractivity contribution is 5.85. The lowest BCUT2D eigenvalue weighted by molar-refractivity contribution is -0.143. The van der Waals surface area contributed by atoms with Crippen molar-refractivity contribution >= 4 is 18.0 Å². The fraction of sp³-hybridized carbons (Fsp3) is 0.393. The molecule has 182 valence electrons. The topological polar surface area (TPSA) is 105 Å². The Hall–Kier alpha value is -3.61. The molecule has 0 heterocycles. The van der Waals surface area contributed by atoms with Crippen LogP contribution in [0.5, 0.6) is 0 Å². The van der Waals surface area contributed by atoms with Crippen LogP contribution in [0, 0.1) is 11.3 Å². The van der Waals surface area contributed by atoms with Crippen LogP contribution in [0.2, 0.25) is 0 Å². The van der Waals surface area contributed by atoms with Gasteiger partial charge >= 0.3 is 12.1 Å². The molecule has 5 rings (SSSR count). The maximum absolute atomic E-state index is 13.1. The zero-order valence-electron chi connectivity index (χ0n) is 19.5. The third kappa shape index (κ3) is 4.55. The number of carbonyl (C=O) groups excluding carboxylic acids is 2. The lowest BCUT2D eigenvalue weighted by Gasteiger charge is -2.41. The molecule has 0 unspecified atom stereocenters. The average molecular weight is 475 g/mol. The van der Waals surface area contributed by atoms with Gasteiger partial charge in [-0.05, 0) is 47.9 Å². The largest absolute Gasteiger partial charge is 0.481 e. The summed E-state index contributed by atoms with van der Waals surface area (Å²) in [6, 6.07) is 16.0. The number of benzene rings is 2. The fourth-order valence-electron chi connectivity index (χ4n) is 5.50. The van der Waals surface area contributed by atoms with Crippen molar-refractivity contribution < 1.29 is 24.2 Å². The van der Waals surface area contributed by atoms with E-state index in [2.05, 4.69) is 34.9 Å². The highest BCUT2D eigenvalue weighted by Gasteiger charge is 2.45. The summed E-state index contributed by atoms with van der Waals surface area (Å²) >= 11 is 0. The Bertz CT molecular complexity index is 1120. The molecule has 7 heteroatoms. The van der Waals surface area contributed by atoms with Crippen LogP contribution in [0.1, 0.15) is 49.1 Å². The number of carbonyl (C=O) groups is 3. The second-order valence-corrected chi connectivity index (χ2v) is 9.83. The molecule has 0 saturated heterocycles. The molecule has 0 aliphatic heterocycles. The molecule has 0 spiro atoms. The quantitative estimate of drug-likeness (QED) is 0.521. The molecule has 0 radical (unpaired) electrons. The van der Waals surface area contributed by atoms with Crippen molar-refractivity contribution in [2.45, 2.75) is 44.1 Å². The van der Waals surface area contributed by atoms with E-state index in [0.29, 0.717) is 25.7 Å². The second kappa shape index (κ2) is 9.56. The highest BCUT2D eigenvalue weighted by atomic mass is 16.5. The molecule has 3 aliphatic rings. The predicted octanol–water partition coefficient (Wildman–Crippen LogP) is 4.23. The number of fused-ring (bicyclic) bond motifs is 3. The average Bonchev–Trinajstić information content (AvgIpc) is 3.16. The first-order chi connectivity index (χ1) is 17.0. The Morgan fingerprint density at radius 2 is 1.66 bits per heavy atom. The van der Waals surface area contributed by atoms with E-state index < -0.39 is 23.4 Å². The molecule has 1 fully saturated rings. The molecule has 3 aliphatic carbocycles. The summed E-state index contributed by atoms with van der Waals surface area (Å²) in [6.45, 7) is 0.427. The third-order valence-corrected chi connectivity index (χ3v) is 7.70. The minimum atomic E-state index is -0.844. The van der Waals surface area contributed by atoms with Gasteiger partial charge in [0.2, 0.25) is 5.91 Å². The number of alkyl carbamates (subject to hydrolysis) is 1. The van der Waals surface area contributed by atoms with Gasteiger partial charge in [-0.1, -0.05) is 67.1 Å². The number of carboxylic acid groups (broad SMARTS) is 1. The van der Waals surface area contributed by atoms with E-state index in [0.717, 1.165) is 17.5 Å². The molecule has 0 bridgehead atoms. The van der Waals surface area contributed by atoms with Crippen LogP contribution >= 0.6 is 0 Å². The zero-order valence-corrected chi connectivity index (χ0v) is 19.5. The van der Waals surface area contributed by atoms with E-state index in [1.54, 1.807) is 0 Å². The Kier molecular flexibility index (Phi) is 6.32. The van der Waals surface area contributed by atoms with Crippen molar-refractivity contribution in [3.8, 4) is 11.1 Å². The van der Waals surface area contributed by atoms with Gasteiger partial charge in [0.15, 0.2) is 0 Å². The van der Waals surface area contributed by atoms with Crippen LogP contribution in [-0.2, 0) is 14.3 Å². The first-order valence-corrected chi connectivity index (χ1v) is 12.3. The molecule has 1 saturated carbocycles. The van der Waals surface area contributed by atoms with E-state index in [4.69, 9.17) is 4.74 Å². The number of amides is 2. The SMILES string of the molecule is O=C(NCC1(C(=O)N[C@@H]2C=CC[C@@H](C(=O)O)C2)CCC1)OCC1c2ccccc2-c2ccccc21. The van der Waals surface area contributed by atoms with Gasteiger partial charge in [-0.25, -0.2) is 4.79 Å². The highest BCUT2D eigenvalue weighted by Crippen LogP contribution is 2.44. The van der Waals surface area contributed by atoms with E-state index in [1.807, 2.05) is 36.4 Å². The van der Waals surface area contributed by atoms with Gasteiger partial charge in [0.05, 0.1) is 11.3 Å². The molecular weight excluding hydrogens is 444 g/mol. The maximum atomic E-state index is 13.1. The van der Waals surface area contributed by atoms with Crippen molar-refractivity contribution in [2.24, 2.45) is 11.3 Å². The standard InChI is InChI=1S/C28H30N2O5/c31-25(32)18-7-5-8-19(15-18)30-26(33)28(13-6-14-28)17-29-27(34)35-16-24-22-11-3-1-9-20(22)21-10-2-4-12-23(21)24/h1-5,8-12,18-19,24H,6-7,13-17H2,(H,29,34)(H,30,33)(H,31,32)/t18-,19-/m1/s1. The Morgan fingerprint density at radius 3 is 2.26 bits per heavy atom. The smallest absolute Gasteiger partial charge is 0.407 e. The summed E-state index contributed by atoms with van der Waals surface area (Å²) in [5.74, 6) is -1.48. The number of aliphatic carboxylic acids is 1. The van der Waals surface area contributed by atoms with Gasteiger partial charge in [-0.3, -0.25) is 9.59 Å².